The highest BCUT2D eigenvalue weighted by atomic mass is 19.4. The van der Waals surface area contributed by atoms with Crippen LogP contribution in [-0.2, 0) is 9.47 Å². The number of nitrogens with zero attached hydrogens (tertiary/aromatic N) is 1. The number of hydrogen-bond donors (Lipinski definition) is 1. The van der Waals surface area contributed by atoms with Crippen molar-refractivity contribution >= 4 is 17.3 Å². The van der Waals surface area contributed by atoms with Crippen LogP contribution < -0.4 is 5.32 Å². The van der Waals surface area contributed by atoms with Gasteiger partial charge in [0.15, 0.2) is 0 Å². The Balaban J connectivity index is 2.70. The van der Waals surface area contributed by atoms with Gasteiger partial charge in [-0.15, -0.1) is 0 Å². The number of nitro benzene ring substituents is 1. The molecule has 0 aromatic heterocycles. The largest absolute Gasteiger partial charge is 0.465 e. The van der Waals surface area contributed by atoms with Gasteiger partial charge in [0.05, 0.1) is 24.2 Å². The zero-order chi connectivity index (χ0) is 16.8. The van der Waals surface area contributed by atoms with Crippen LogP contribution in [0, 0.1) is 10.1 Å². The number of anilines is 1. The van der Waals surface area contributed by atoms with E-state index in [-0.39, 0.29) is 30.1 Å². The monoisotopic (exact) mass is 322 g/mol. The second-order valence-corrected chi connectivity index (χ2v) is 4.08. The van der Waals surface area contributed by atoms with Gasteiger partial charge in [-0.1, -0.05) is 0 Å². The minimum atomic E-state index is -4.43. The quantitative estimate of drug-likeness (QED) is 0.359. The van der Waals surface area contributed by atoms with Gasteiger partial charge in [0.2, 0.25) is 0 Å². The van der Waals surface area contributed by atoms with E-state index in [1.807, 2.05) is 0 Å². The maximum absolute atomic E-state index is 11.9. The molecule has 1 rings (SSSR count). The lowest BCUT2D eigenvalue weighted by Gasteiger charge is -2.10. The zero-order valence-corrected chi connectivity index (χ0v) is 11.5. The summed E-state index contributed by atoms with van der Waals surface area (Å²) in [5.41, 5.74) is -0.251. The lowest BCUT2D eigenvalue weighted by molar-refractivity contribution is -0.384. The third-order valence-corrected chi connectivity index (χ3v) is 2.44. The smallest absolute Gasteiger partial charge is 0.411 e. The molecule has 0 radical (unpaired) electrons. The molecule has 0 fully saturated rings. The molecule has 0 heterocycles. The van der Waals surface area contributed by atoms with Crippen LogP contribution in [0.15, 0.2) is 18.2 Å². The van der Waals surface area contributed by atoms with Crippen LogP contribution in [0.4, 0.5) is 24.5 Å². The van der Waals surface area contributed by atoms with Crippen molar-refractivity contribution in [2.75, 3.05) is 32.2 Å². The van der Waals surface area contributed by atoms with Crippen LogP contribution in [0.2, 0.25) is 0 Å². The number of nitrogens with one attached hydrogen (secondary N) is 1. The van der Waals surface area contributed by atoms with Gasteiger partial charge in [0, 0.05) is 12.6 Å². The normalized spacial score (nSPS) is 11.1. The number of carbonyl (C=O) groups is 1. The van der Waals surface area contributed by atoms with E-state index in [4.69, 9.17) is 0 Å². The molecule has 0 aliphatic rings. The minimum absolute atomic E-state index is 0.0106. The lowest BCUT2D eigenvalue weighted by atomic mass is 10.1. The molecule has 0 aliphatic heterocycles. The Hall–Kier alpha value is -2.36. The predicted molar refractivity (Wildman–Crippen MR) is 69.8 cm³/mol. The predicted octanol–water partition coefficient (Wildman–Crippen LogP) is 2.37. The number of rotatable bonds is 7. The fourth-order valence-corrected chi connectivity index (χ4v) is 1.53. The number of methoxy groups -OCH3 is 1. The van der Waals surface area contributed by atoms with Crippen LogP contribution >= 0.6 is 0 Å². The summed E-state index contributed by atoms with van der Waals surface area (Å²) < 4.78 is 44.5. The molecule has 22 heavy (non-hydrogen) atoms. The molecule has 122 valence electrons. The first-order valence-electron chi connectivity index (χ1n) is 5.99. The van der Waals surface area contributed by atoms with Crippen molar-refractivity contribution in [3.63, 3.8) is 0 Å². The number of alkyl halides is 3. The summed E-state index contributed by atoms with van der Waals surface area (Å²) in [6.07, 6.45) is -4.43. The number of ether oxygens (including phenoxy) is 2. The molecular formula is C12H13F3N2O5. The molecule has 0 unspecified atom stereocenters. The maximum atomic E-state index is 11.9. The highest BCUT2D eigenvalue weighted by Gasteiger charge is 2.27. The molecular weight excluding hydrogens is 309 g/mol. The van der Waals surface area contributed by atoms with E-state index in [0.29, 0.717) is 0 Å². The highest BCUT2D eigenvalue weighted by Crippen LogP contribution is 2.25. The number of nitro groups is 1. The summed E-state index contributed by atoms with van der Waals surface area (Å²) in [5, 5.41) is 13.4. The van der Waals surface area contributed by atoms with Crippen LogP contribution in [-0.4, -0.2) is 43.9 Å². The SMILES string of the molecule is COC(=O)c1ccc([N+](=O)[O-])c(NCCOCC(F)(F)F)c1. The molecule has 0 saturated carbocycles. The Labute approximate surface area is 123 Å². The first-order valence-corrected chi connectivity index (χ1v) is 5.99. The van der Waals surface area contributed by atoms with Gasteiger partial charge in [-0.2, -0.15) is 13.2 Å². The topological polar surface area (TPSA) is 90.7 Å². The summed E-state index contributed by atoms with van der Waals surface area (Å²) in [6, 6.07) is 3.51. The van der Waals surface area contributed by atoms with Crippen LogP contribution in [0.3, 0.4) is 0 Å². The standard InChI is InChI=1S/C12H13F3N2O5/c1-21-11(18)8-2-3-10(17(19)20)9(6-8)16-4-5-22-7-12(13,14)15/h2-3,6,16H,4-5,7H2,1H3. The minimum Gasteiger partial charge on any atom is -0.465 e. The fourth-order valence-electron chi connectivity index (χ4n) is 1.53. The van der Waals surface area contributed by atoms with Gasteiger partial charge in [0.1, 0.15) is 12.3 Å². The Bertz CT molecular complexity index is 548. The van der Waals surface area contributed by atoms with Gasteiger partial charge in [0.25, 0.3) is 5.69 Å². The van der Waals surface area contributed by atoms with E-state index in [1.54, 1.807) is 0 Å². The average Bonchev–Trinajstić information content (AvgIpc) is 2.44. The zero-order valence-electron chi connectivity index (χ0n) is 11.5. The van der Waals surface area contributed by atoms with E-state index < -0.39 is 23.7 Å². The van der Waals surface area contributed by atoms with E-state index >= 15 is 0 Å². The van der Waals surface area contributed by atoms with E-state index in [9.17, 15) is 28.1 Å². The Kier molecular flexibility index (Phi) is 6.11. The molecule has 0 spiro atoms. The number of benzene rings is 1. The van der Waals surface area contributed by atoms with Gasteiger partial charge in [-0.05, 0) is 12.1 Å². The molecule has 1 aromatic carbocycles. The Morgan fingerprint density at radius 1 is 1.41 bits per heavy atom. The molecule has 7 nitrogen and oxygen atoms in total. The van der Waals surface area contributed by atoms with Crippen LogP contribution in [0.1, 0.15) is 10.4 Å². The molecule has 1 aromatic rings. The Morgan fingerprint density at radius 2 is 2.09 bits per heavy atom. The van der Waals surface area contributed by atoms with Crippen molar-refractivity contribution in [1.82, 2.24) is 0 Å². The molecule has 0 atom stereocenters. The van der Waals surface area contributed by atoms with Crippen molar-refractivity contribution in [3.8, 4) is 0 Å². The van der Waals surface area contributed by atoms with Gasteiger partial charge in [-0.25, -0.2) is 4.79 Å². The molecule has 0 aliphatic carbocycles. The van der Waals surface area contributed by atoms with Gasteiger partial charge in [-0.3, -0.25) is 10.1 Å². The first kappa shape index (κ1) is 17.7. The summed E-state index contributed by atoms with van der Waals surface area (Å²) in [7, 11) is 1.15. The number of hydrogen-bond acceptors (Lipinski definition) is 6. The van der Waals surface area contributed by atoms with Crippen molar-refractivity contribution in [2.45, 2.75) is 6.18 Å². The maximum Gasteiger partial charge on any atom is 0.411 e. The lowest BCUT2D eigenvalue weighted by Crippen LogP contribution is -2.20. The summed E-state index contributed by atoms with van der Waals surface area (Å²) in [5.74, 6) is -0.689. The third kappa shape index (κ3) is 5.56. The second kappa shape index (κ2) is 7.59. The van der Waals surface area contributed by atoms with Crippen molar-refractivity contribution in [3.05, 3.63) is 33.9 Å². The van der Waals surface area contributed by atoms with Crippen molar-refractivity contribution in [2.24, 2.45) is 0 Å². The first-order chi connectivity index (χ1) is 10.2. The molecule has 0 bridgehead atoms. The van der Waals surface area contributed by atoms with Crippen LogP contribution in [0.5, 0.6) is 0 Å². The number of halogens is 3. The molecule has 0 amide bonds. The molecule has 0 saturated heterocycles. The highest BCUT2D eigenvalue weighted by molar-refractivity contribution is 5.91. The summed E-state index contributed by atoms with van der Waals surface area (Å²) in [4.78, 5) is 21.5. The fraction of sp³-hybridized carbons (Fsp3) is 0.417. The van der Waals surface area contributed by atoms with Crippen LogP contribution in [0.25, 0.3) is 0 Å². The summed E-state index contributed by atoms with van der Waals surface area (Å²) >= 11 is 0. The second-order valence-electron chi connectivity index (χ2n) is 4.08. The van der Waals surface area contributed by atoms with E-state index in [0.717, 1.165) is 13.2 Å². The van der Waals surface area contributed by atoms with E-state index in [2.05, 4.69) is 14.8 Å². The van der Waals surface area contributed by atoms with Crippen molar-refractivity contribution < 1.29 is 32.4 Å². The van der Waals surface area contributed by atoms with Gasteiger partial charge >= 0.3 is 12.1 Å². The van der Waals surface area contributed by atoms with Crippen molar-refractivity contribution in [1.29, 1.82) is 0 Å². The molecule has 10 heteroatoms. The third-order valence-electron chi connectivity index (χ3n) is 2.44. The number of esters is 1. The van der Waals surface area contributed by atoms with Gasteiger partial charge < -0.3 is 14.8 Å². The average molecular weight is 322 g/mol. The number of carbonyl (C=O) groups excluding carboxylic acids is 1. The Morgan fingerprint density at radius 3 is 2.64 bits per heavy atom. The summed E-state index contributed by atoms with van der Waals surface area (Å²) in [6.45, 7) is -1.81. The molecule has 1 N–H and O–H groups in total. The van der Waals surface area contributed by atoms with E-state index in [1.165, 1.54) is 12.1 Å².